The summed E-state index contributed by atoms with van der Waals surface area (Å²) in [7, 11) is 0. The molecule has 10 heteroatoms. The van der Waals surface area contributed by atoms with E-state index < -0.39 is 6.36 Å². The van der Waals surface area contributed by atoms with Crippen molar-refractivity contribution in [3.8, 4) is 5.75 Å². The molecule has 0 spiro atoms. The van der Waals surface area contributed by atoms with Crippen molar-refractivity contribution in [2.45, 2.75) is 44.5 Å². The highest BCUT2D eigenvalue weighted by Gasteiger charge is 2.32. The van der Waals surface area contributed by atoms with Gasteiger partial charge in [0.05, 0.1) is 6.20 Å². The molecule has 2 aromatic heterocycles. The van der Waals surface area contributed by atoms with Crippen molar-refractivity contribution in [2.75, 3.05) is 19.6 Å². The number of carbonyl (C=O) groups excluding carboxylic acids is 1. The van der Waals surface area contributed by atoms with Crippen LogP contribution >= 0.6 is 0 Å². The van der Waals surface area contributed by atoms with E-state index in [4.69, 9.17) is 0 Å². The summed E-state index contributed by atoms with van der Waals surface area (Å²) in [6, 6.07) is 4.90. The number of nitrogens with one attached hydrogen (secondary N) is 2. The lowest BCUT2D eigenvalue weighted by molar-refractivity contribution is -0.274. The van der Waals surface area contributed by atoms with E-state index in [2.05, 4.69) is 20.0 Å². The number of aromatic nitrogens is 2. The molecule has 1 fully saturated rings. The maximum atomic E-state index is 15.1. The number of fused-ring (bicyclic) bond motifs is 3. The van der Waals surface area contributed by atoms with Crippen LogP contribution in [0.4, 0.5) is 17.6 Å². The fourth-order valence-electron chi connectivity index (χ4n) is 5.04. The van der Waals surface area contributed by atoms with Crippen molar-refractivity contribution >= 4 is 16.9 Å². The van der Waals surface area contributed by atoms with E-state index in [0.717, 1.165) is 48.2 Å². The molecule has 3 aromatic rings. The maximum Gasteiger partial charge on any atom is 0.573 e. The first-order valence-electron chi connectivity index (χ1n) is 11.3. The minimum atomic E-state index is -4.78. The smallest absolute Gasteiger partial charge is 0.406 e. The number of halogens is 4. The largest absolute Gasteiger partial charge is 0.573 e. The standard InChI is InChI=1S/C24H24F4N4O2/c25-18-13-30-22-21(17-12-29-9-1-2-19(17)31-22)20(18)14-7-10-32(11-8-14)23(33)15-3-5-16(6-4-15)34-24(26,27)28/h3-6,13-14,29H,1-2,7-12H2,(H,30,31). The lowest BCUT2D eigenvalue weighted by Gasteiger charge is -2.33. The molecule has 0 atom stereocenters. The molecule has 1 saturated heterocycles. The number of piperidine rings is 1. The molecule has 0 saturated carbocycles. The molecular formula is C24H24F4N4O2. The average Bonchev–Trinajstić information content (AvgIpc) is 2.99. The molecule has 0 radical (unpaired) electrons. The number of amides is 1. The van der Waals surface area contributed by atoms with Crippen LogP contribution in [0, 0.1) is 5.82 Å². The molecular weight excluding hydrogens is 452 g/mol. The Labute approximate surface area is 193 Å². The number of nitrogens with zero attached hydrogens (tertiary/aromatic N) is 2. The van der Waals surface area contributed by atoms with E-state index >= 15 is 4.39 Å². The number of ether oxygens (including phenoxy) is 1. The van der Waals surface area contributed by atoms with Gasteiger partial charge in [-0.1, -0.05) is 0 Å². The number of likely N-dealkylation sites (tertiary alicyclic amines) is 1. The summed E-state index contributed by atoms with van der Waals surface area (Å²) in [5.74, 6) is -1.03. The summed E-state index contributed by atoms with van der Waals surface area (Å²) in [5, 5.41) is 4.25. The van der Waals surface area contributed by atoms with Gasteiger partial charge < -0.3 is 19.9 Å². The van der Waals surface area contributed by atoms with Gasteiger partial charge in [-0.2, -0.15) is 0 Å². The highest BCUT2D eigenvalue weighted by atomic mass is 19.4. The summed E-state index contributed by atoms with van der Waals surface area (Å²) in [5.41, 5.74) is 3.82. The average molecular weight is 476 g/mol. The van der Waals surface area contributed by atoms with Crippen molar-refractivity contribution in [2.24, 2.45) is 0 Å². The van der Waals surface area contributed by atoms with Crippen LogP contribution in [0.5, 0.6) is 5.75 Å². The molecule has 0 aliphatic carbocycles. The van der Waals surface area contributed by atoms with Gasteiger partial charge in [-0.05, 0) is 68.0 Å². The van der Waals surface area contributed by atoms with Crippen LogP contribution < -0.4 is 10.1 Å². The Hall–Kier alpha value is -3.14. The Morgan fingerprint density at radius 1 is 1.15 bits per heavy atom. The Balaban J connectivity index is 1.32. The van der Waals surface area contributed by atoms with Crippen molar-refractivity contribution in [1.29, 1.82) is 0 Å². The second-order valence-corrected chi connectivity index (χ2v) is 8.74. The van der Waals surface area contributed by atoms with Gasteiger partial charge in [-0.15, -0.1) is 13.2 Å². The van der Waals surface area contributed by atoms with Crippen molar-refractivity contribution in [1.82, 2.24) is 20.2 Å². The van der Waals surface area contributed by atoms with Crippen LogP contribution in [0.15, 0.2) is 30.5 Å². The maximum absolute atomic E-state index is 15.1. The van der Waals surface area contributed by atoms with Crippen LogP contribution in [-0.4, -0.2) is 46.8 Å². The number of hydrogen-bond donors (Lipinski definition) is 2. The minimum Gasteiger partial charge on any atom is -0.406 e. The fourth-order valence-corrected chi connectivity index (χ4v) is 5.04. The molecule has 34 heavy (non-hydrogen) atoms. The van der Waals surface area contributed by atoms with Gasteiger partial charge in [0.2, 0.25) is 0 Å². The Kier molecular flexibility index (Phi) is 5.93. The van der Waals surface area contributed by atoms with Crippen molar-refractivity contribution in [3.63, 3.8) is 0 Å². The third-order valence-electron chi connectivity index (χ3n) is 6.61. The zero-order chi connectivity index (χ0) is 23.9. The summed E-state index contributed by atoms with van der Waals surface area (Å²) in [6.07, 6.45) is -0.451. The second kappa shape index (κ2) is 8.90. The quantitative estimate of drug-likeness (QED) is 0.540. The number of H-pyrrole nitrogens is 1. The number of alkyl halides is 3. The van der Waals surface area contributed by atoms with E-state index in [1.165, 1.54) is 18.3 Å². The first kappa shape index (κ1) is 22.6. The Morgan fingerprint density at radius 3 is 2.59 bits per heavy atom. The number of rotatable bonds is 3. The molecule has 180 valence electrons. The predicted molar refractivity (Wildman–Crippen MR) is 117 cm³/mol. The molecule has 0 unspecified atom stereocenters. The molecule has 1 aromatic carbocycles. The Bertz CT molecular complexity index is 1200. The van der Waals surface area contributed by atoms with Crippen molar-refractivity contribution < 1.29 is 27.1 Å². The normalized spacial score (nSPS) is 17.5. The second-order valence-electron chi connectivity index (χ2n) is 8.74. The number of aromatic amines is 1. The lowest BCUT2D eigenvalue weighted by atomic mass is 9.86. The number of benzene rings is 1. The zero-order valence-electron chi connectivity index (χ0n) is 18.3. The van der Waals surface area contributed by atoms with Gasteiger partial charge in [0.1, 0.15) is 17.2 Å². The van der Waals surface area contributed by atoms with Crippen LogP contribution in [0.3, 0.4) is 0 Å². The number of hydrogen-bond acceptors (Lipinski definition) is 4. The summed E-state index contributed by atoms with van der Waals surface area (Å²) >= 11 is 0. The summed E-state index contributed by atoms with van der Waals surface area (Å²) in [6.45, 7) is 2.43. The molecule has 2 aliphatic rings. The van der Waals surface area contributed by atoms with E-state index in [-0.39, 0.29) is 29.0 Å². The molecule has 4 heterocycles. The number of aryl methyl sites for hydroxylation is 1. The van der Waals surface area contributed by atoms with Crippen LogP contribution in [0.25, 0.3) is 11.0 Å². The van der Waals surface area contributed by atoms with E-state index in [1.807, 2.05) is 0 Å². The zero-order valence-corrected chi connectivity index (χ0v) is 18.3. The Morgan fingerprint density at radius 2 is 1.88 bits per heavy atom. The van der Waals surface area contributed by atoms with E-state index in [9.17, 15) is 18.0 Å². The molecule has 1 amide bonds. The summed E-state index contributed by atoms with van der Waals surface area (Å²) in [4.78, 5) is 22.2. The van der Waals surface area contributed by atoms with Gasteiger partial charge in [0.25, 0.3) is 5.91 Å². The molecule has 5 rings (SSSR count). The molecule has 0 bridgehead atoms. The summed E-state index contributed by atoms with van der Waals surface area (Å²) < 4.78 is 56.0. The van der Waals surface area contributed by atoms with Crippen molar-refractivity contribution in [3.05, 3.63) is 58.7 Å². The first-order valence-corrected chi connectivity index (χ1v) is 11.3. The van der Waals surface area contributed by atoms with Gasteiger partial charge in [0.15, 0.2) is 0 Å². The van der Waals surface area contributed by atoms with Crippen LogP contribution in [0.2, 0.25) is 0 Å². The third-order valence-corrected chi connectivity index (χ3v) is 6.61. The third kappa shape index (κ3) is 4.46. The minimum absolute atomic E-state index is 0.0553. The predicted octanol–water partition coefficient (Wildman–Crippen LogP) is 4.66. The first-order chi connectivity index (χ1) is 16.3. The van der Waals surface area contributed by atoms with Crippen LogP contribution in [0.1, 0.15) is 52.4 Å². The topological polar surface area (TPSA) is 70.2 Å². The van der Waals surface area contributed by atoms with Gasteiger partial charge >= 0.3 is 6.36 Å². The fraction of sp³-hybridized carbons (Fsp3) is 0.417. The highest BCUT2D eigenvalue weighted by molar-refractivity contribution is 5.94. The molecule has 2 aliphatic heterocycles. The number of carbonyl (C=O) groups is 1. The lowest BCUT2D eigenvalue weighted by Crippen LogP contribution is -2.38. The van der Waals surface area contributed by atoms with Gasteiger partial charge in [-0.3, -0.25) is 4.79 Å². The molecule has 2 N–H and O–H groups in total. The highest BCUT2D eigenvalue weighted by Crippen LogP contribution is 2.38. The number of pyridine rings is 1. The SMILES string of the molecule is O=C(c1ccc(OC(F)(F)F)cc1)N1CCC(c2c(F)cnc3[nH]c4c(c23)CNCCC4)CC1. The van der Waals surface area contributed by atoms with E-state index in [1.54, 1.807) is 4.90 Å². The molecule has 6 nitrogen and oxygen atoms in total. The monoisotopic (exact) mass is 476 g/mol. The van der Waals surface area contributed by atoms with Gasteiger partial charge in [0, 0.05) is 41.8 Å². The van der Waals surface area contributed by atoms with E-state index in [0.29, 0.717) is 43.7 Å². The van der Waals surface area contributed by atoms with Gasteiger partial charge in [-0.25, -0.2) is 9.37 Å². The van der Waals surface area contributed by atoms with Crippen LogP contribution in [-0.2, 0) is 13.0 Å².